The average molecular weight is 424 g/mol. The molecule has 158 valence electrons. The minimum absolute atomic E-state index is 0.240. The Labute approximate surface area is 176 Å². The molecular weight excluding hydrogens is 405 g/mol. The summed E-state index contributed by atoms with van der Waals surface area (Å²) in [4.78, 5) is 16.9. The number of nitrogens with one attached hydrogen (secondary N) is 1. The Morgan fingerprint density at radius 3 is 2.35 bits per heavy atom. The molecule has 4 rings (SSSR count). The molecule has 8 heteroatoms. The van der Waals surface area contributed by atoms with Crippen molar-refractivity contribution in [1.29, 1.82) is 0 Å². The smallest absolute Gasteiger partial charge is 0.399 e. The summed E-state index contributed by atoms with van der Waals surface area (Å²) in [6, 6.07) is 15.6. The minimum atomic E-state index is -4.39. The van der Waals surface area contributed by atoms with E-state index in [-0.39, 0.29) is 12.5 Å². The summed E-state index contributed by atoms with van der Waals surface area (Å²) in [6.45, 7) is 0.564. The first kappa shape index (κ1) is 20.5. The van der Waals surface area contributed by atoms with Gasteiger partial charge in [-0.2, -0.15) is 13.2 Å². The molecule has 2 aromatic heterocycles. The van der Waals surface area contributed by atoms with Crippen LogP contribution in [-0.2, 0) is 19.3 Å². The molecule has 0 atom stereocenters. The van der Waals surface area contributed by atoms with E-state index in [9.17, 15) is 18.0 Å². The second-order valence-electron chi connectivity index (χ2n) is 7.17. The number of benzene rings is 2. The molecule has 0 aliphatic rings. The van der Waals surface area contributed by atoms with Gasteiger partial charge in [-0.3, -0.25) is 9.78 Å². The predicted molar refractivity (Wildman–Crippen MR) is 112 cm³/mol. The molecule has 2 heterocycles. The number of halogens is 3. The Balaban J connectivity index is 1.65. The number of nitrogen functional groups attached to an aromatic ring is 1. The van der Waals surface area contributed by atoms with Crippen LogP contribution < -0.4 is 11.1 Å². The van der Waals surface area contributed by atoms with Crippen molar-refractivity contribution in [3.63, 3.8) is 0 Å². The summed E-state index contributed by atoms with van der Waals surface area (Å²) >= 11 is 0. The van der Waals surface area contributed by atoms with Crippen LogP contribution in [-0.4, -0.2) is 15.5 Å². The van der Waals surface area contributed by atoms with Crippen LogP contribution in [0.4, 0.5) is 18.9 Å². The van der Waals surface area contributed by atoms with Crippen LogP contribution in [0.25, 0.3) is 10.9 Å². The van der Waals surface area contributed by atoms with Gasteiger partial charge in [0, 0.05) is 42.1 Å². The number of carbonyl (C=O) groups is 1. The molecule has 0 unspecified atom stereocenters. The summed E-state index contributed by atoms with van der Waals surface area (Å²) in [7, 11) is 0. The Morgan fingerprint density at radius 2 is 1.68 bits per heavy atom. The van der Waals surface area contributed by atoms with Crippen molar-refractivity contribution in [2.75, 3.05) is 5.73 Å². The van der Waals surface area contributed by atoms with Crippen molar-refractivity contribution < 1.29 is 18.0 Å². The molecule has 1 amide bonds. The average Bonchev–Trinajstić information content (AvgIpc) is 3.10. The quantitative estimate of drug-likeness (QED) is 0.460. The van der Waals surface area contributed by atoms with Gasteiger partial charge < -0.3 is 15.6 Å². The zero-order chi connectivity index (χ0) is 22.0. The third-order valence-corrected chi connectivity index (χ3v) is 4.98. The number of nitrogens with two attached hydrogens (primary N) is 1. The lowest BCUT2D eigenvalue weighted by atomic mass is 10.1. The van der Waals surface area contributed by atoms with E-state index in [1.807, 2.05) is 0 Å². The monoisotopic (exact) mass is 424 g/mol. The van der Waals surface area contributed by atoms with E-state index in [4.69, 9.17) is 5.73 Å². The maximum Gasteiger partial charge on any atom is 0.416 e. The summed E-state index contributed by atoms with van der Waals surface area (Å²) in [6.07, 6.45) is -1.11. The number of fused-ring (bicyclic) bond motifs is 1. The van der Waals surface area contributed by atoms with E-state index in [2.05, 4.69) is 10.3 Å². The topological polar surface area (TPSA) is 72.9 Å². The number of carbonyl (C=O) groups excluding carboxylic acids is 1. The standard InChI is InChI=1S/C23H19F3N4O/c24-23(25,26)18-3-1-16(2-4-18)14-30-20-6-5-19(27)11-17(20)12-21(30)22(31)29-13-15-7-9-28-10-8-15/h1-12H,13-14,27H2,(H,29,31). The van der Waals surface area contributed by atoms with Gasteiger partial charge >= 0.3 is 6.18 Å². The van der Waals surface area contributed by atoms with Gasteiger partial charge in [0.25, 0.3) is 5.91 Å². The maximum atomic E-state index is 12.9. The van der Waals surface area contributed by atoms with E-state index in [1.54, 1.807) is 53.4 Å². The van der Waals surface area contributed by atoms with Crippen molar-refractivity contribution in [3.8, 4) is 0 Å². The van der Waals surface area contributed by atoms with Gasteiger partial charge in [-0.25, -0.2) is 0 Å². The highest BCUT2D eigenvalue weighted by molar-refractivity contribution is 5.99. The van der Waals surface area contributed by atoms with Crippen LogP contribution in [0.15, 0.2) is 73.1 Å². The normalized spacial score (nSPS) is 11.6. The molecule has 0 fully saturated rings. The summed E-state index contributed by atoms with van der Waals surface area (Å²) in [5.74, 6) is -0.293. The van der Waals surface area contributed by atoms with Gasteiger partial charge in [0.1, 0.15) is 5.69 Å². The zero-order valence-corrected chi connectivity index (χ0v) is 16.4. The number of pyridine rings is 1. The zero-order valence-electron chi connectivity index (χ0n) is 16.4. The maximum absolute atomic E-state index is 12.9. The first-order chi connectivity index (χ1) is 14.8. The van der Waals surface area contributed by atoms with Gasteiger partial charge in [-0.05, 0) is 59.7 Å². The fourth-order valence-corrected chi connectivity index (χ4v) is 3.40. The van der Waals surface area contributed by atoms with E-state index < -0.39 is 11.7 Å². The fraction of sp³-hybridized carbons (Fsp3) is 0.130. The van der Waals surface area contributed by atoms with Crippen molar-refractivity contribution in [1.82, 2.24) is 14.9 Å². The number of nitrogens with zero attached hydrogens (tertiary/aromatic N) is 2. The number of amides is 1. The number of alkyl halides is 3. The molecule has 31 heavy (non-hydrogen) atoms. The number of hydrogen-bond acceptors (Lipinski definition) is 3. The van der Waals surface area contributed by atoms with Crippen molar-refractivity contribution in [2.24, 2.45) is 0 Å². The molecule has 0 saturated carbocycles. The lowest BCUT2D eigenvalue weighted by Crippen LogP contribution is -2.25. The lowest BCUT2D eigenvalue weighted by Gasteiger charge is -2.13. The third kappa shape index (κ3) is 4.53. The van der Waals surface area contributed by atoms with Gasteiger partial charge in [0.15, 0.2) is 0 Å². The molecule has 0 radical (unpaired) electrons. The van der Waals surface area contributed by atoms with Crippen molar-refractivity contribution in [2.45, 2.75) is 19.3 Å². The van der Waals surface area contributed by atoms with Crippen LogP contribution in [0.2, 0.25) is 0 Å². The highest BCUT2D eigenvalue weighted by atomic mass is 19.4. The van der Waals surface area contributed by atoms with Gasteiger partial charge in [-0.15, -0.1) is 0 Å². The van der Waals surface area contributed by atoms with E-state index in [0.29, 0.717) is 23.5 Å². The van der Waals surface area contributed by atoms with Gasteiger partial charge in [-0.1, -0.05) is 12.1 Å². The predicted octanol–water partition coefficient (Wildman–Crippen LogP) is 4.62. The number of hydrogen-bond donors (Lipinski definition) is 2. The molecule has 0 aliphatic heterocycles. The van der Waals surface area contributed by atoms with Crippen LogP contribution in [0.1, 0.15) is 27.2 Å². The highest BCUT2D eigenvalue weighted by Crippen LogP contribution is 2.30. The molecule has 0 spiro atoms. The third-order valence-electron chi connectivity index (χ3n) is 4.98. The first-order valence-corrected chi connectivity index (χ1v) is 9.53. The molecular formula is C23H19F3N4O. The molecule has 0 aliphatic carbocycles. The van der Waals surface area contributed by atoms with E-state index in [1.165, 1.54) is 12.1 Å². The largest absolute Gasteiger partial charge is 0.416 e. The number of aromatic nitrogens is 2. The summed E-state index contributed by atoms with van der Waals surface area (Å²) in [5, 5.41) is 3.66. The van der Waals surface area contributed by atoms with Crippen LogP contribution in [0.5, 0.6) is 0 Å². The van der Waals surface area contributed by atoms with Gasteiger partial charge in [0.05, 0.1) is 5.56 Å². The Kier molecular flexibility index (Phi) is 5.37. The lowest BCUT2D eigenvalue weighted by molar-refractivity contribution is -0.137. The number of anilines is 1. The fourth-order valence-electron chi connectivity index (χ4n) is 3.40. The minimum Gasteiger partial charge on any atom is -0.399 e. The van der Waals surface area contributed by atoms with Crippen molar-refractivity contribution >= 4 is 22.5 Å². The molecule has 4 aromatic rings. The van der Waals surface area contributed by atoms with E-state index in [0.717, 1.165) is 28.6 Å². The molecule has 3 N–H and O–H groups in total. The molecule has 0 saturated heterocycles. The highest BCUT2D eigenvalue weighted by Gasteiger charge is 2.30. The second-order valence-corrected chi connectivity index (χ2v) is 7.17. The van der Waals surface area contributed by atoms with Crippen LogP contribution in [0, 0.1) is 0 Å². The van der Waals surface area contributed by atoms with Gasteiger partial charge in [0.2, 0.25) is 0 Å². The molecule has 2 aromatic carbocycles. The van der Waals surface area contributed by atoms with Crippen LogP contribution >= 0.6 is 0 Å². The SMILES string of the molecule is Nc1ccc2c(c1)cc(C(=O)NCc1ccncc1)n2Cc1ccc(C(F)(F)F)cc1. The number of rotatable bonds is 5. The van der Waals surface area contributed by atoms with E-state index >= 15 is 0 Å². The Bertz CT molecular complexity index is 1220. The van der Waals surface area contributed by atoms with Crippen LogP contribution in [0.3, 0.4) is 0 Å². The first-order valence-electron chi connectivity index (χ1n) is 9.53. The second kappa shape index (κ2) is 8.14. The summed E-state index contributed by atoms with van der Waals surface area (Å²) in [5.41, 5.74) is 8.44. The molecule has 5 nitrogen and oxygen atoms in total. The molecule has 0 bridgehead atoms. The Morgan fingerprint density at radius 1 is 0.968 bits per heavy atom. The summed E-state index contributed by atoms with van der Waals surface area (Å²) < 4.78 is 40.4. The Hall–Kier alpha value is -3.81. The van der Waals surface area contributed by atoms with Crippen molar-refractivity contribution in [3.05, 3.63) is 95.4 Å².